The van der Waals surface area contributed by atoms with Crippen molar-refractivity contribution in [3.63, 3.8) is 0 Å². The maximum Gasteiger partial charge on any atom is 0.208 e. The summed E-state index contributed by atoms with van der Waals surface area (Å²) in [6.07, 6.45) is 0. The van der Waals surface area contributed by atoms with Crippen LogP contribution in [0.4, 0.5) is 5.69 Å². The van der Waals surface area contributed by atoms with Crippen LogP contribution in [0.15, 0.2) is 222 Å². The van der Waals surface area contributed by atoms with Crippen LogP contribution in [-0.4, -0.2) is 59.8 Å². The second-order valence-electron chi connectivity index (χ2n) is 34.7. The van der Waals surface area contributed by atoms with Crippen molar-refractivity contribution >= 4 is 176 Å². The van der Waals surface area contributed by atoms with Crippen LogP contribution < -0.4 is 4.48 Å². The van der Waals surface area contributed by atoms with Crippen molar-refractivity contribution in [1.82, 2.24) is 50.2 Å². The summed E-state index contributed by atoms with van der Waals surface area (Å²) < 4.78 is 52.1. The van der Waals surface area contributed by atoms with Gasteiger partial charge in [0, 0.05) is 166 Å². The molecule has 0 aliphatic carbocycles. The molecule has 1 aliphatic rings. The average Bonchev–Trinajstić information content (AvgIpc) is 1.55. The maximum atomic E-state index is 5.85. The SMILES string of the molecule is CC1=C(C)[N+](C)(C)c2c1n(C)c1ccccc21.Cc1c(C)n(C)c2c1c1ccccc1n2C.Cc1c(C)n(C)c2c3ccccc3n(C)c12.Cc1c(C)n(C)c2oc3ccccc3c12.Cc1c(C)n(C)c2oc3ccccc3c12.Cc1oc2c(c1C)c1ccccc1n2C.Cc1oc2c(c1C)c1ccccc1n2C.Cc1oc2c3ccccc3n(C)c2c1C. The minimum atomic E-state index is 0.878. The number of fused-ring (bicyclic) bond motifs is 24. The third kappa shape index (κ3) is 12.7. The summed E-state index contributed by atoms with van der Waals surface area (Å²) in [7, 11) is 25.6. The monoisotopic (exact) mass is 1650 g/mol. The number of benzene rings is 8. The number of para-hydroxylation sites is 8. The molecule has 15 aromatic heterocycles. The van der Waals surface area contributed by atoms with Crippen LogP contribution in [0.25, 0.3) is 170 Å². The lowest BCUT2D eigenvalue weighted by Crippen LogP contribution is -2.35. The Morgan fingerprint density at radius 2 is 0.556 bits per heavy atom. The van der Waals surface area contributed by atoms with Gasteiger partial charge in [0.1, 0.15) is 45.5 Å². The first-order valence-corrected chi connectivity index (χ1v) is 42.9. The highest BCUT2D eigenvalue weighted by Gasteiger charge is 2.40. The molecule has 0 radical (unpaired) electrons. The van der Waals surface area contributed by atoms with Crippen molar-refractivity contribution in [2.24, 2.45) is 70.5 Å². The van der Waals surface area contributed by atoms with Gasteiger partial charge in [-0.1, -0.05) is 133 Å². The van der Waals surface area contributed by atoms with Gasteiger partial charge in [-0.25, -0.2) is 0 Å². The molecule has 0 saturated heterocycles. The number of aryl methyl sites for hydroxylation is 20. The van der Waals surface area contributed by atoms with Crippen molar-refractivity contribution in [3.05, 3.63) is 285 Å². The fourth-order valence-corrected chi connectivity index (χ4v) is 19.8. The van der Waals surface area contributed by atoms with E-state index in [0.717, 1.165) is 61.4 Å². The summed E-state index contributed by atoms with van der Waals surface area (Å²) in [5.74, 6) is 3.05. The summed E-state index contributed by atoms with van der Waals surface area (Å²) in [5.41, 5.74) is 39.9. The number of allylic oxidation sites excluding steroid dienone is 2. The van der Waals surface area contributed by atoms with Crippen molar-refractivity contribution in [1.29, 1.82) is 0 Å². The van der Waals surface area contributed by atoms with E-state index in [1.807, 2.05) is 73.2 Å². The molecule has 0 unspecified atom stereocenters. The first kappa shape index (κ1) is 82.9. The lowest BCUT2D eigenvalue weighted by molar-refractivity contribution is 0.510. The van der Waals surface area contributed by atoms with Gasteiger partial charge in [-0.15, -0.1) is 0 Å². The molecule has 0 bridgehead atoms. The number of aromatic nitrogens is 10. The van der Waals surface area contributed by atoms with Crippen LogP contribution in [0.1, 0.15) is 98.5 Å². The lowest BCUT2D eigenvalue weighted by atomic mass is 10.1. The Hall–Kier alpha value is -13.4. The third-order valence-corrected chi connectivity index (χ3v) is 28.2. The second kappa shape index (κ2) is 31.2. The number of hydrogen-bond donors (Lipinski definition) is 0. The Labute approximate surface area is 723 Å². The van der Waals surface area contributed by atoms with E-state index >= 15 is 0 Å². The van der Waals surface area contributed by atoms with Crippen LogP contribution in [-0.2, 0) is 70.5 Å². The summed E-state index contributed by atoms with van der Waals surface area (Å²) in [4.78, 5) is 0. The van der Waals surface area contributed by atoms with Gasteiger partial charge in [-0.2, -0.15) is 0 Å². The molecular formula is C108H116N11O5+. The molecule has 16 heterocycles. The van der Waals surface area contributed by atoms with Crippen molar-refractivity contribution in [3.8, 4) is 0 Å². The second-order valence-corrected chi connectivity index (χ2v) is 34.7. The van der Waals surface area contributed by atoms with Crippen LogP contribution in [0.5, 0.6) is 0 Å². The highest BCUT2D eigenvalue weighted by Crippen LogP contribution is 2.49. The number of hydrogen-bond acceptors (Lipinski definition) is 5. The number of furan rings is 5. The molecule has 0 spiro atoms. The van der Waals surface area contributed by atoms with Gasteiger partial charge < -0.3 is 67.8 Å². The van der Waals surface area contributed by atoms with E-state index in [-0.39, 0.29) is 0 Å². The number of rotatable bonds is 0. The predicted octanol–water partition coefficient (Wildman–Crippen LogP) is 27.8. The topological polar surface area (TPSA) is 115 Å². The van der Waals surface area contributed by atoms with E-state index in [1.165, 1.54) is 210 Å². The summed E-state index contributed by atoms with van der Waals surface area (Å²) in [5, 5.41) is 16.7. The first-order chi connectivity index (χ1) is 59.2. The standard InChI is InChI=1S/C15H19N2.2C14H16N2.5C13H13NO/c1-10-11(2)17(4,5)15-12-8-6-7-9-13(12)16(3)14(10)15;1-9-10(2)15(3)14-11-7-5-6-8-12(11)16(4)13(9)14;1-9-10(2)15(3)14-13(9)11-7-5-6-8-12(11)16(14)4;1-8-9(2)15-13-10-6-4-5-7-11(10)14(3)12(8)13;2*1-8-9(2)15-13-12(8)10-6-4-5-7-11(10)14(13)3;2*1-8-9(2)14(3)13-12(8)10-6-4-5-7-11(10)15-13/h6-9H,1-5H3;2*5-8H,1-4H3;5*4-7H,1-3H3/q+1;;;;;;;. The molecule has 23 aromatic rings. The van der Waals surface area contributed by atoms with Crippen molar-refractivity contribution in [2.45, 2.75) is 111 Å². The first-order valence-electron chi connectivity index (χ1n) is 42.9. The molecule has 16 nitrogen and oxygen atoms in total. The number of nitrogens with zero attached hydrogens (tertiary/aromatic N) is 11. The maximum absolute atomic E-state index is 5.85. The minimum absolute atomic E-state index is 0.878. The average molecular weight is 1650 g/mol. The highest BCUT2D eigenvalue weighted by atomic mass is 16.4. The zero-order chi connectivity index (χ0) is 88.1. The largest absolute Gasteiger partial charge is 0.459 e. The van der Waals surface area contributed by atoms with Gasteiger partial charge in [0.05, 0.1) is 90.7 Å². The van der Waals surface area contributed by atoms with Gasteiger partial charge in [0.15, 0.2) is 11.3 Å². The van der Waals surface area contributed by atoms with E-state index in [1.54, 1.807) is 0 Å². The lowest BCUT2D eigenvalue weighted by Gasteiger charge is -2.25. The Balaban J connectivity index is 0.000000100. The zero-order valence-corrected chi connectivity index (χ0v) is 77.4. The molecule has 1 aliphatic heterocycles. The van der Waals surface area contributed by atoms with E-state index < -0.39 is 0 Å². The normalized spacial score (nSPS) is 12.5. The molecule has 0 atom stereocenters. The smallest absolute Gasteiger partial charge is 0.208 e. The van der Waals surface area contributed by atoms with Gasteiger partial charge in [0.25, 0.3) is 0 Å². The molecule has 24 rings (SSSR count). The van der Waals surface area contributed by atoms with Crippen molar-refractivity contribution in [2.75, 3.05) is 14.1 Å². The van der Waals surface area contributed by atoms with E-state index in [4.69, 9.17) is 22.1 Å². The zero-order valence-electron chi connectivity index (χ0n) is 77.4. The molecule has 16 heteroatoms. The number of quaternary nitrogens is 1. The van der Waals surface area contributed by atoms with Gasteiger partial charge >= 0.3 is 0 Å². The van der Waals surface area contributed by atoms with Crippen molar-refractivity contribution < 1.29 is 22.1 Å². The van der Waals surface area contributed by atoms with Crippen LogP contribution in [0.2, 0.25) is 0 Å². The minimum Gasteiger partial charge on any atom is -0.459 e. The molecular weight excluding hydrogens is 1530 g/mol. The van der Waals surface area contributed by atoms with Gasteiger partial charge in [0.2, 0.25) is 22.9 Å². The van der Waals surface area contributed by atoms with Gasteiger partial charge in [-0.05, 0) is 187 Å². The molecule has 124 heavy (non-hydrogen) atoms. The fraction of sp³-hybridized carbons (Fsp3) is 0.259. The Bertz CT molecular complexity index is 7850. The predicted molar refractivity (Wildman–Crippen MR) is 523 cm³/mol. The third-order valence-electron chi connectivity index (χ3n) is 28.2. The van der Waals surface area contributed by atoms with E-state index in [0.29, 0.717) is 0 Å². The van der Waals surface area contributed by atoms with Crippen LogP contribution in [0, 0.1) is 96.9 Å². The van der Waals surface area contributed by atoms with Crippen LogP contribution >= 0.6 is 0 Å². The quantitative estimate of drug-likeness (QED) is 0.140. The molecule has 632 valence electrons. The molecule has 8 aromatic carbocycles. The summed E-state index contributed by atoms with van der Waals surface area (Å²) in [6.45, 7) is 34.2. The molecule has 0 amide bonds. The molecule has 0 saturated carbocycles. The highest BCUT2D eigenvalue weighted by molar-refractivity contribution is 6.13. The fourth-order valence-electron chi connectivity index (χ4n) is 19.8. The van der Waals surface area contributed by atoms with E-state index in [2.05, 4.69) is 362 Å². The Morgan fingerprint density at radius 1 is 0.234 bits per heavy atom. The summed E-state index contributed by atoms with van der Waals surface area (Å²) in [6, 6.07) is 67.5. The summed E-state index contributed by atoms with van der Waals surface area (Å²) >= 11 is 0. The molecule has 0 N–H and O–H groups in total. The van der Waals surface area contributed by atoms with Crippen LogP contribution in [0.3, 0.4) is 0 Å². The Kier molecular flexibility index (Phi) is 20.8. The Morgan fingerprint density at radius 3 is 1.02 bits per heavy atom. The molecule has 0 fully saturated rings. The van der Waals surface area contributed by atoms with Gasteiger partial charge in [-0.3, -0.25) is 4.48 Å². The van der Waals surface area contributed by atoms with E-state index in [9.17, 15) is 0 Å².